The van der Waals surface area contributed by atoms with Gasteiger partial charge in [-0.15, -0.1) is 0 Å². The zero-order chi connectivity index (χ0) is 20.2. The van der Waals surface area contributed by atoms with Gasteiger partial charge >= 0.3 is 0 Å². The van der Waals surface area contributed by atoms with Gasteiger partial charge < -0.3 is 17.3 Å². The number of H-pyrrole nitrogens is 1. The van der Waals surface area contributed by atoms with Crippen LogP contribution < -0.4 is 17.4 Å². The number of hydrogen-bond donors (Lipinski definition) is 0. The van der Waals surface area contributed by atoms with E-state index < -0.39 is 0 Å². The van der Waals surface area contributed by atoms with Gasteiger partial charge in [-0.1, -0.05) is 16.6 Å². The molecule has 29 heavy (non-hydrogen) atoms. The molecule has 0 radical (unpaired) electrons. The summed E-state index contributed by atoms with van der Waals surface area (Å²) in [6.07, 6.45) is 0. The predicted molar refractivity (Wildman–Crippen MR) is 111 cm³/mol. The van der Waals surface area contributed by atoms with E-state index in [-0.39, 0.29) is 18.3 Å². The molecule has 0 spiro atoms. The van der Waals surface area contributed by atoms with Gasteiger partial charge in [0.25, 0.3) is 11.7 Å². The lowest BCUT2D eigenvalue weighted by Gasteiger charge is -2.09. The van der Waals surface area contributed by atoms with E-state index in [0.717, 1.165) is 38.9 Å². The quantitative estimate of drug-likeness (QED) is 0.468. The minimum atomic E-state index is -0.148. The van der Waals surface area contributed by atoms with Crippen molar-refractivity contribution in [3.63, 3.8) is 0 Å². The van der Waals surface area contributed by atoms with Crippen molar-refractivity contribution in [1.29, 1.82) is 0 Å². The highest BCUT2D eigenvalue weighted by molar-refractivity contribution is 6.31. The Labute approximate surface area is 179 Å². The number of fused-ring (bicyclic) bond motifs is 3. The number of aryl methyl sites for hydroxylation is 3. The summed E-state index contributed by atoms with van der Waals surface area (Å²) < 4.78 is 2.01. The monoisotopic (exact) mass is 429 g/mol. The minimum absolute atomic E-state index is 0. The smallest absolute Gasteiger partial charge is 0.289 e. The molecule has 1 amide bonds. The van der Waals surface area contributed by atoms with Crippen molar-refractivity contribution in [1.82, 2.24) is 19.4 Å². The van der Waals surface area contributed by atoms with Gasteiger partial charge in [0.2, 0.25) is 11.3 Å². The summed E-state index contributed by atoms with van der Waals surface area (Å²) >= 11 is 6.21. The third kappa shape index (κ3) is 3.54. The summed E-state index contributed by atoms with van der Waals surface area (Å²) in [4.78, 5) is 27.1. The number of rotatable bonds is 2. The molecule has 0 aliphatic carbocycles. The topological polar surface area (TPSA) is 65.2 Å². The average molecular weight is 430 g/mol. The molecule has 0 saturated carbocycles. The van der Waals surface area contributed by atoms with Gasteiger partial charge in [0.1, 0.15) is 10.9 Å². The van der Waals surface area contributed by atoms with Crippen LogP contribution in [0.3, 0.4) is 0 Å². The summed E-state index contributed by atoms with van der Waals surface area (Å²) in [5.74, 6) is 0.480. The second-order valence-electron chi connectivity index (χ2n) is 7.22. The lowest BCUT2D eigenvalue weighted by molar-refractivity contribution is -0.339. The van der Waals surface area contributed by atoms with Gasteiger partial charge in [0, 0.05) is 35.9 Å². The molecule has 0 fully saturated rings. The Balaban J connectivity index is 0.00000240. The van der Waals surface area contributed by atoms with E-state index >= 15 is 0 Å². The molecule has 6 nitrogen and oxygen atoms in total. The van der Waals surface area contributed by atoms with Crippen molar-refractivity contribution < 1.29 is 22.2 Å². The van der Waals surface area contributed by atoms with Crippen LogP contribution in [0.4, 0.5) is 0 Å². The van der Waals surface area contributed by atoms with Crippen LogP contribution in [0.2, 0.25) is 5.02 Å². The highest BCUT2D eigenvalue weighted by Gasteiger charge is 2.28. The molecule has 0 unspecified atom stereocenters. The Kier molecular flexibility index (Phi) is 5.52. The Morgan fingerprint density at radius 2 is 1.76 bits per heavy atom. The van der Waals surface area contributed by atoms with E-state index in [1.54, 1.807) is 19.0 Å². The number of amides is 1. The fraction of sp³-hybridized carbons (Fsp3) is 0.238. The average Bonchev–Trinajstić information content (AvgIpc) is 2.91. The highest BCUT2D eigenvalue weighted by Crippen LogP contribution is 2.31. The van der Waals surface area contributed by atoms with Crippen LogP contribution in [-0.2, 0) is 7.05 Å². The lowest BCUT2D eigenvalue weighted by atomic mass is 10.1. The van der Waals surface area contributed by atoms with Crippen molar-refractivity contribution in [2.45, 2.75) is 13.8 Å². The normalized spacial score (nSPS) is 11.0. The van der Waals surface area contributed by atoms with Crippen LogP contribution in [0.15, 0.2) is 30.3 Å². The summed E-state index contributed by atoms with van der Waals surface area (Å²) in [6, 6.07) is 9.58. The molecule has 3 heterocycles. The fourth-order valence-corrected chi connectivity index (χ4v) is 3.74. The number of nitrogens with zero attached hydrogens (tertiary/aromatic N) is 4. The number of pyridine rings is 1. The van der Waals surface area contributed by atoms with Crippen molar-refractivity contribution in [2.75, 3.05) is 14.1 Å². The third-order valence-electron chi connectivity index (χ3n) is 4.82. The molecule has 1 N–H and O–H groups in total. The number of aromatic nitrogens is 4. The molecule has 0 aliphatic heterocycles. The molecule has 4 aromatic rings. The van der Waals surface area contributed by atoms with Crippen LogP contribution in [0.25, 0.3) is 33.3 Å². The molecule has 0 bridgehead atoms. The summed E-state index contributed by atoms with van der Waals surface area (Å²) in [6.45, 7) is 3.89. The first-order valence-corrected chi connectivity index (χ1v) is 9.32. The van der Waals surface area contributed by atoms with Gasteiger partial charge in [-0.25, -0.2) is 4.98 Å². The van der Waals surface area contributed by atoms with Gasteiger partial charge in [0.05, 0.1) is 12.6 Å². The maximum Gasteiger partial charge on any atom is 0.289 e. The molecular formula is C21H21Cl2N5O. The largest absolute Gasteiger partial charge is 1.00 e. The predicted octanol–water partition coefficient (Wildman–Crippen LogP) is 0.579. The van der Waals surface area contributed by atoms with Crippen LogP contribution in [0.5, 0.6) is 0 Å². The zero-order valence-electron chi connectivity index (χ0n) is 16.8. The van der Waals surface area contributed by atoms with E-state index in [1.807, 2.05) is 55.8 Å². The van der Waals surface area contributed by atoms with Gasteiger partial charge in [-0.05, 0) is 44.2 Å². The second kappa shape index (κ2) is 7.61. The Morgan fingerprint density at radius 1 is 1.10 bits per heavy atom. The number of carbonyl (C=O) groups is 1. The van der Waals surface area contributed by atoms with Gasteiger partial charge in [0.15, 0.2) is 0 Å². The molecule has 4 rings (SSSR count). The van der Waals surface area contributed by atoms with Crippen molar-refractivity contribution >= 4 is 39.4 Å². The van der Waals surface area contributed by atoms with Crippen LogP contribution in [0.1, 0.15) is 21.9 Å². The van der Waals surface area contributed by atoms with Crippen LogP contribution in [0, 0.1) is 13.8 Å². The molecule has 150 valence electrons. The number of aromatic amines is 1. The third-order valence-corrected chi connectivity index (χ3v) is 5.06. The van der Waals surface area contributed by atoms with Crippen molar-refractivity contribution in [2.24, 2.45) is 7.05 Å². The molecule has 0 saturated heterocycles. The zero-order valence-corrected chi connectivity index (χ0v) is 18.4. The van der Waals surface area contributed by atoms with E-state index in [2.05, 4.69) is 9.97 Å². The SMILES string of the molecule is Cc1cc(-c2nc(C(=O)N(C)C)c3c4ccc(Cl)cc4n(C)c3[nH+]2)cc(C)n1.[Cl-]. The molecule has 0 atom stereocenters. The van der Waals surface area contributed by atoms with E-state index in [0.29, 0.717) is 16.5 Å². The van der Waals surface area contributed by atoms with E-state index in [1.165, 1.54) is 0 Å². The molecular weight excluding hydrogens is 409 g/mol. The van der Waals surface area contributed by atoms with Gasteiger partial charge in [-0.2, -0.15) is 0 Å². The van der Waals surface area contributed by atoms with Crippen LogP contribution >= 0.6 is 11.6 Å². The standard InChI is InChI=1S/C21H20ClN5O.ClH/c1-11-8-13(9-12(2)23-11)19-24-18(21(28)26(3)4)17-15-7-6-14(22)10-16(15)27(5)20(17)25-19;/h6-10H,1-5H3;1H. The highest BCUT2D eigenvalue weighted by atomic mass is 35.5. The number of carbonyl (C=O) groups excluding carboxylic acids is 1. The van der Waals surface area contributed by atoms with E-state index in [4.69, 9.17) is 16.6 Å². The number of nitrogens with one attached hydrogen (secondary N) is 1. The Hall–Kier alpha value is -2.70. The Bertz CT molecular complexity index is 1240. The number of halogens is 2. The first-order valence-electron chi connectivity index (χ1n) is 8.94. The molecule has 0 aliphatic rings. The maximum atomic E-state index is 13.0. The Morgan fingerprint density at radius 3 is 2.38 bits per heavy atom. The van der Waals surface area contributed by atoms with Crippen LogP contribution in [-0.4, -0.2) is 39.4 Å². The molecule has 1 aromatic carbocycles. The second-order valence-corrected chi connectivity index (χ2v) is 7.65. The number of benzene rings is 1. The van der Waals surface area contributed by atoms with Gasteiger partial charge in [-0.3, -0.25) is 14.3 Å². The summed E-state index contributed by atoms with van der Waals surface area (Å²) in [5, 5.41) is 2.37. The molecule has 3 aromatic heterocycles. The summed E-state index contributed by atoms with van der Waals surface area (Å²) in [7, 11) is 5.41. The minimum Gasteiger partial charge on any atom is -1.00 e. The molecule has 8 heteroatoms. The number of hydrogen-bond acceptors (Lipinski definition) is 3. The summed E-state index contributed by atoms with van der Waals surface area (Å²) in [5.41, 5.74) is 4.85. The maximum absolute atomic E-state index is 13.0. The lowest BCUT2D eigenvalue weighted by Crippen LogP contribution is -3.00. The first-order chi connectivity index (χ1) is 13.3. The fourth-order valence-electron chi connectivity index (χ4n) is 3.58. The first kappa shape index (κ1) is 21.0. The van der Waals surface area contributed by atoms with E-state index in [9.17, 15) is 4.79 Å². The van der Waals surface area contributed by atoms with Crippen molar-refractivity contribution in [3.05, 3.63) is 52.4 Å². The van der Waals surface area contributed by atoms with Crippen molar-refractivity contribution in [3.8, 4) is 11.4 Å².